The Morgan fingerprint density at radius 3 is 2.89 bits per heavy atom. The van der Waals surface area contributed by atoms with Crippen molar-refractivity contribution in [2.45, 2.75) is 25.1 Å². The molecule has 0 spiro atoms. The summed E-state index contributed by atoms with van der Waals surface area (Å²) in [7, 11) is -1.37. The predicted octanol–water partition coefficient (Wildman–Crippen LogP) is 0.694. The van der Waals surface area contributed by atoms with Crippen LogP contribution in [0.2, 0.25) is 0 Å². The van der Waals surface area contributed by atoms with Crippen molar-refractivity contribution in [2.24, 2.45) is 0 Å². The second kappa shape index (κ2) is 6.61. The topological polar surface area (TPSA) is 43.7 Å². The molecule has 3 nitrogen and oxygen atoms in total. The molecule has 1 atom stereocenters. The Kier molecular flexibility index (Phi) is 5.12. The largest absolute Gasteiger partial charge is 0.488 e. The van der Waals surface area contributed by atoms with Crippen LogP contribution in [0.1, 0.15) is 18.9 Å². The van der Waals surface area contributed by atoms with Crippen LogP contribution in [0.4, 0.5) is 0 Å². The van der Waals surface area contributed by atoms with Crippen LogP contribution in [0.5, 0.6) is 0 Å². The smallest absolute Gasteiger partial charge is 0.423 e. The minimum Gasteiger partial charge on any atom is -0.423 e. The van der Waals surface area contributed by atoms with Crippen molar-refractivity contribution in [2.75, 3.05) is 18.8 Å². The first-order chi connectivity index (χ1) is 8.70. The van der Waals surface area contributed by atoms with Crippen molar-refractivity contribution < 1.29 is 10.0 Å². The average Bonchev–Trinajstić information content (AvgIpc) is 2.39. The number of benzene rings is 1. The molecule has 0 bridgehead atoms. The first kappa shape index (κ1) is 13.9. The molecule has 1 aliphatic heterocycles. The number of thioether (sulfide) groups is 1. The molecular formula is C13H20BNO2S. The van der Waals surface area contributed by atoms with Gasteiger partial charge >= 0.3 is 7.12 Å². The van der Waals surface area contributed by atoms with E-state index in [9.17, 15) is 10.0 Å². The van der Waals surface area contributed by atoms with Gasteiger partial charge in [0.15, 0.2) is 0 Å². The van der Waals surface area contributed by atoms with E-state index in [1.807, 2.05) is 30.0 Å². The van der Waals surface area contributed by atoms with E-state index in [1.165, 1.54) is 12.2 Å². The molecule has 1 aromatic rings. The van der Waals surface area contributed by atoms with Gasteiger partial charge in [-0.05, 0) is 17.4 Å². The van der Waals surface area contributed by atoms with Gasteiger partial charge < -0.3 is 10.0 Å². The Hall–Kier alpha value is -0.485. The van der Waals surface area contributed by atoms with Crippen LogP contribution in [-0.4, -0.2) is 46.2 Å². The molecule has 1 aliphatic rings. The van der Waals surface area contributed by atoms with E-state index in [0.717, 1.165) is 25.2 Å². The monoisotopic (exact) mass is 265 g/mol. The lowest BCUT2D eigenvalue weighted by Crippen LogP contribution is -2.40. The van der Waals surface area contributed by atoms with Crippen LogP contribution >= 0.6 is 11.8 Å². The molecule has 1 fully saturated rings. The number of hydrogen-bond donors (Lipinski definition) is 2. The van der Waals surface area contributed by atoms with Crippen molar-refractivity contribution in [3.8, 4) is 0 Å². The molecule has 98 valence electrons. The molecule has 5 heteroatoms. The van der Waals surface area contributed by atoms with Crippen LogP contribution in [0.15, 0.2) is 24.3 Å². The number of nitrogens with zero attached hydrogens (tertiary/aromatic N) is 1. The summed E-state index contributed by atoms with van der Waals surface area (Å²) in [6.07, 6.45) is 1.20. The summed E-state index contributed by atoms with van der Waals surface area (Å²) in [5, 5.41) is 19.4. The van der Waals surface area contributed by atoms with E-state index in [4.69, 9.17) is 0 Å². The van der Waals surface area contributed by atoms with Crippen molar-refractivity contribution in [1.82, 2.24) is 4.90 Å². The van der Waals surface area contributed by atoms with Crippen LogP contribution in [-0.2, 0) is 6.54 Å². The van der Waals surface area contributed by atoms with Gasteiger partial charge in [0, 0.05) is 30.6 Å². The first-order valence-corrected chi connectivity index (χ1v) is 7.53. The van der Waals surface area contributed by atoms with Crippen molar-refractivity contribution in [3.05, 3.63) is 29.8 Å². The Morgan fingerprint density at radius 2 is 2.17 bits per heavy atom. The summed E-state index contributed by atoms with van der Waals surface area (Å²) in [6.45, 7) is 5.21. The molecule has 2 rings (SSSR count). The summed E-state index contributed by atoms with van der Waals surface area (Å²) in [5.41, 5.74) is 1.65. The summed E-state index contributed by atoms with van der Waals surface area (Å²) in [6, 6.07) is 7.57. The maximum atomic E-state index is 9.37. The molecule has 1 unspecified atom stereocenters. The van der Waals surface area contributed by atoms with E-state index in [2.05, 4.69) is 11.8 Å². The third-order valence-corrected chi connectivity index (χ3v) is 4.78. The fraction of sp³-hybridized carbons (Fsp3) is 0.538. The Bertz CT molecular complexity index is 389. The fourth-order valence-corrected chi connectivity index (χ4v) is 3.59. The van der Waals surface area contributed by atoms with Crippen molar-refractivity contribution in [3.63, 3.8) is 0 Å². The Labute approximate surface area is 113 Å². The first-order valence-electron chi connectivity index (χ1n) is 6.48. The Morgan fingerprint density at radius 1 is 1.39 bits per heavy atom. The highest BCUT2D eigenvalue weighted by Gasteiger charge is 2.21. The van der Waals surface area contributed by atoms with Crippen molar-refractivity contribution >= 4 is 24.3 Å². The molecule has 18 heavy (non-hydrogen) atoms. The zero-order valence-electron chi connectivity index (χ0n) is 10.7. The van der Waals surface area contributed by atoms with Gasteiger partial charge in [-0.15, -0.1) is 0 Å². The van der Waals surface area contributed by atoms with E-state index < -0.39 is 7.12 Å². The molecule has 1 heterocycles. The number of rotatable bonds is 4. The Balaban J connectivity index is 2.04. The summed E-state index contributed by atoms with van der Waals surface area (Å²) < 4.78 is 0. The molecule has 0 radical (unpaired) electrons. The highest BCUT2D eigenvalue weighted by Crippen LogP contribution is 2.22. The molecule has 0 aromatic heterocycles. The summed E-state index contributed by atoms with van der Waals surface area (Å²) in [4.78, 5) is 2.41. The van der Waals surface area contributed by atoms with Crippen molar-refractivity contribution in [1.29, 1.82) is 0 Å². The quantitative estimate of drug-likeness (QED) is 0.786. The van der Waals surface area contributed by atoms with Crippen LogP contribution in [0.25, 0.3) is 0 Å². The van der Waals surface area contributed by atoms with Gasteiger partial charge in [0.25, 0.3) is 0 Å². The summed E-state index contributed by atoms with van der Waals surface area (Å²) >= 11 is 2.05. The van der Waals surface area contributed by atoms with Gasteiger partial charge in [-0.25, -0.2) is 0 Å². The molecule has 0 amide bonds. The maximum absolute atomic E-state index is 9.37. The molecule has 0 aliphatic carbocycles. The van der Waals surface area contributed by atoms with Crippen LogP contribution in [0, 0.1) is 0 Å². The number of hydrogen-bond acceptors (Lipinski definition) is 4. The molecule has 1 aromatic carbocycles. The second-order valence-electron chi connectivity index (χ2n) is 4.71. The van der Waals surface area contributed by atoms with E-state index in [1.54, 1.807) is 6.07 Å². The van der Waals surface area contributed by atoms with Gasteiger partial charge in [-0.2, -0.15) is 11.8 Å². The minimum absolute atomic E-state index is 0.628. The van der Waals surface area contributed by atoms with E-state index in [0.29, 0.717) is 10.7 Å². The molecule has 2 N–H and O–H groups in total. The third-order valence-electron chi connectivity index (χ3n) is 3.41. The van der Waals surface area contributed by atoms with Gasteiger partial charge in [0.2, 0.25) is 0 Å². The highest BCUT2D eigenvalue weighted by molar-refractivity contribution is 8.00. The van der Waals surface area contributed by atoms with Gasteiger partial charge in [-0.3, -0.25) is 4.90 Å². The summed E-state index contributed by atoms with van der Waals surface area (Å²) in [5.74, 6) is 1.17. The van der Waals surface area contributed by atoms with Gasteiger partial charge in [-0.1, -0.05) is 31.2 Å². The van der Waals surface area contributed by atoms with E-state index in [-0.39, 0.29) is 0 Å². The third kappa shape index (κ3) is 3.51. The highest BCUT2D eigenvalue weighted by atomic mass is 32.2. The average molecular weight is 265 g/mol. The zero-order chi connectivity index (χ0) is 13.0. The normalized spacial score (nSPS) is 20.9. The van der Waals surface area contributed by atoms with Crippen LogP contribution < -0.4 is 5.46 Å². The van der Waals surface area contributed by atoms with Gasteiger partial charge in [0.05, 0.1) is 0 Å². The predicted molar refractivity (Wildman–Crippen MR) is 78.1 cm³/mol. The molecule has 0 saturated carbocycles. The SMILES string of the molecule is CCC1CN(Cc2ccccc2B(O)O)CCS1. The lowest BCUT2D eigenvalue weighted by atomic mass is 9.77. The lowest BCUT2D eigenvalue weighted by Gasteiger charge is -2.32. The molecule has 1 saturated heterocycles. The molecular weight excluding hydrogens is 245 g/mol. The van der Waals surface area contributed by atoms with Crippen LogP contribution in [0.3, 0.4) is 0 Å². The van der Waals surface area contributed by atoms with Gasteiger partial charge in [0.1, 0.15) is 0 Å². The van der Waals surface area contributed by atoms with E-state index >= 15 is 0 Å². The standard InChI is InChI=1S/C13H20BNO2S/c1-2-12-10-15(7-8-18-12)9-11-5-3-4-6-13(11)14(16)17/h3-6,12,16-17H,2,7-10H2,1H3. The maximum Gasteiger partial charge on any atom is 0.488 e. The fourth-order valence-electron chi connectivity index (χ4n) is 2.34. The second-order valence-corrected chi connectivity index (χ2v) is 6.12. The lowest BCUT2D eigenvalue weighted by molar-refractivity contribution is 0.273. The zero-order valence-corrected chi connectivity index (χ0v) is 11.6. The minimum atomic E-state index is -1.37.